The van der Waals surface area contributed by atoms with Gasteiger partial charge in [0, 0.05) is 38.0 Å². The number of nitrogens with one attached hydrogen (secondary N) is 3. The van der Waals surface area contributed by atoms with Gasteiger partial charge in [-0.3, -0.25) is 5.32 Å². The molecule has 2 aliphatic rings. The molecular weight excluding hydrogens is 362 g/mol. The molecule has 0 aromatic heterocycles. The summed E-state index contributed by atoms with van der Waals surface area (Å²) in [6.45, 7) is 1.03. The average Bonchev–Trinajstić information content (AvgIpc) is 2.62. The number of ether oxygens (including phenoxy) is 2. The van der Waals surface area contributed by atoms with Gasteiger partial charge in [-0.2, -0.15) is 0 Å². The van der Waals surface area contributed by atoms with E-state index in [0.717, 1.165) is 17.0 Å². The van der Waals surface area contributed by atoms with Crippen molar-refractivity contribution in [3.63, 3.8) is 0 Å². The van der Waals surface area contributed by atoms with Crippen LogP contribution in [0.25, 0.3) is 0 Å². The van der Waals surface area contributed by atoms with Crippen molar-refractivity contribution in [1.82, 2.24) is 20.9 Å². The van der Waals surface area contributed by atoms with Gasteiger partial charge in [0.25, 0.3) is 0 Å². The zero-order chi connectivity index (χ0) is 19.4. The van der Waals surface area contributed by atoms with Gasteiger partial charge >= 0.3 is 12.1 Å². The Kier molecular flexibility index (Phi) is 6.19. The van der Waals surface area contributed by atoms with Crippen LogP contribution in [0, 0.1) is 11.6 Å². The lowest BCUT2D eigenvalue weighted by atomic mass is 10.1. The number of carbonyl (C=O) groups excluding carboxylic acids is 2. The van der Waals surface area contributed by atoms with E-state index in [1.807, 2.05) is 0 Å². The van der Waals surface area contributed by atoms with Gasteiger partial charge in [0.2, 0.25) is 0 Å². The molecule has 2 heterocycles. The summed E-state index contributed by atoms with van der Waals surface area (Å²) >= 11 is 0. The van der Waals surface area contributed by atoms with Crippen molar-refractivity contribution in [3.8, 4) is 0 Å². The van der Waals surface area contributed by atoms with Crippen molar-refractivity contribution >= 4 is 12.1 Å². The molecule has 2 fully saturated rings. The number of urea groups is 2. The fraction of sp³-hybridized carbons (Fsp3) is 0.529. The minimum atomic E-state index is -0.925. The molecule has 3 N–H and O–H groups in total. The monoisotopic (exact) mass is 384 g/mol. The Labute approximate surface area is 155 Å². The van der Waals surface area contributed by atoms with E-state index in [0.29, 0.717) is 26.1 Å². The second-order valence-corrected chi connectivity index (χ2v) is 6.39. The summed E-state index contributed by atoms with van der Waals surface area (Å²) in [5.74, 6) is -1.44. The Balaban J connectivity index is 1.69. The van der Waals surface area contributed by atoms with E-state index in [2.05, 4.69) is 16.0 Å². The van der Waals surface area contributed by atoms with E-state index < -0.39 is 36.0 Å². The van der Waals surface area contributed by atoms with Gasteiger partial charge in [-0.25, -0.2) is 23.3 Å². The molecule has 148 valence electrons. The molecule has 27 heavy (non-hydrogen) atoms. The predicted molar refractivity (Wildman–Crippen MR) is 90.6 cm³/mol. The first-order chi connectivity index (χ1) is 13.0. The number of methoxy groups -OCH3 is 1. The Hall–Kier alpha value is -2.30. The second-order valence-electron chi connectivity index (χ2n) is 6.39. The molecule has 0 unspecified atom stereocenters. The van der Waals surface area contributed by atoms with Crippen LogP contribution < -0.4 is 16.0 Å². The summed E-state index contributed by atoms with van der Waals surface area (Å²) in [6, 6.07) is 1.16. The Morgan fingerprint density at radius 2 is 1.93 bits per heavy atom. The first-order valence-corrected chi connectivity index (χ1v) is 8.67. The normalized spacial score (nSPS) is 20.3. The van der Waals surface area contributed by atoms with Crippen molar-refractivity contribution in [1.29, 1.82) is 0 Å². The minimum absolute atomic E-state index is 0.0501. The molecule has 0 aliphatic carbocycles. The molecule has 2 aliphatic heterocycles. The molecule has 0 spiro atoms. The number of imide groups is 1. The highest BCUT2D eigenvalue weighted by molar-refractivity contribution is 5.96. The molecule has 4 amide bonds. The van der Waals surface area contributed by atoms with Crippen molar-refractivity contribution in [3.05, 3.63) is 35.4 Å². The molecule has 0 saturated carbocycles. The lowest BCUT2D eigenvalue weighted by Crippen LogP contribution is -2.70. The highest BCUT2D eigenvalue weighted by atomic mass is 19.1. The average molecular weight is 384 g/mol. The quantitative estimate of drug-likeness (QED) is 0.690. The fourth-order valence-electron chi connectivity index (χ4n) is 3.25. The lowest BCUT2D eigenvalue weighted by Gasteiger charge is -2.39. The molecule has 3 rings (SSSR count). The van der Waals surface area contributed by atoms with Crippen LogP contribution in [0.2, 0.25) is 0 Å². The van der Waals surface area contributed by atoms with Gasteiger partial charge < -0.3 is 20.1 Å². The predicted octanol–water partition coefficient (Wildman–Crippen LogP) is 1.44. The van der Waals surface area contributed by atoms with Crippen molar-refractivity contribution < 1.29 is 27.8 Å². The highest BCUT2D eigenvalue weighted by Gasteiger charge is 2.37. The Morgan fingerprint density at radius 3 is 2.52 bits per heavy atom. The van der Waals surface area contributed by atoms with Gasteiger partial charge in [0.05, 0.1) is 12.6 Å². The molecule has 2 saturated heterocycles. The van der Waals surface area contributed by atoms with Gasteiger partial charge in [-0.15, -0.1) is 0 Å². The maximum absolute atomic E-state index is 14.1. The van der Waals surface area contributed by atoms with E-state index in [4.69, 9.17) is 9.47 Å². The van der Waals surface area contributed by atoms with E-state index in [1.165, 1.54) is 13.2 Å². The molecule has 0 bridgehead atoms. The zero-order valence-electron chi connectivity index (χ0n) is 14.8. The molecule has 1 atom stereocenters. The summed E-state index contributed by atoms with van der Waals surface area (Å²) in [7, 11) is 1.43. The SMILES string of the molecule is COC[C@H](NC1NC(=O)N(C2CCOCC2)C(=O)N1)c1ccc(F)cc1F. The third-order valence-corrected chi connectivity index (χ3v) is 4.57. The van der Waals surface area contributed by atoms with E-state index in [9.17, 15) is 18.4 Å². The van der Waals surface area contributed by atoms with Crippen molar-refractivity contribution in [2.24, 2.45) is 0 Å². The Morgan fingerprint density at radius 1 is 1.26 bits per heavy atom. The highest BCUT2D eigenvalue weighted by Crippen LogP contribution is 2.20. The summed E-state index contributed by atoms with van der Waals surface area (Å²) in [4.78, 5) is 26.0. The maximum atomic E-state index is 14.1. The van der Waals surface area contributed by atoms with Crippen LogP contribution in [0.1, 0.15) is 24.4 Å². The first kappa shape index (κ1) is 19.5. The van der Waals surface area contributed by atoms with E-state index >= 15 is 0 Å². The third kappa shape index (κ3) is 4.52. The van der Waals surface area contributed by atoms with E-state index in [-0.39, 0.29) is 18.2 Å². The number of rotatable bonds is 6. The topological polar surface area (TPSA) is 91.9 Å². The Bertz CT molecular complexity index is 682. The van der Waals surface area contributed by atoms with E-state index in [1.54, 1.807) is 0 Å². The van der Waals surface area contributed by atoms with Crippen LogP contribution in [0.4, 0.5) is 18.4 Å². The number of halogens is 2. The molecule has 10 heteroatoms. The van der Waals surface area contributed by atoms with Crippen LogP contribution >= 0.6 is 0 Å². The lowest BCUT2D eigenvalue weighted by molar-refractivity contribution is 0.0485. The standard InChI is InChI=1S/C17H22F2N4O4/c1-26-9-14(12-3-2-10(18)8-13(12)19)20-15-21-16(24)23(17(25)22-15)11-4-6-27-7-5-11/h2-3,8,11,14-15,20H,4-7,9H2,1H3,(H,21,24)(H,22,25)/t14-/m0/s1. The first-order valence-electron chi connectivity index (χ1n) is 8.67. The number of hydrogen-bond acceptors (Lipinski definition) is 5. The van der Waals surface area contributed by atoms with Crippen molar-refractivity contribution in [2.75, 3.05) is 26.9 Å². The fourth-order valence-corrected chi connectivity index (χ4v) is 3.25. The van der Waals surface area contributed by atoms with Crippen molar-refractivity contribution in [2.45, 2.75) is 31.2 Å². The molecule has 1 aromatic rings. The smallest absolute Gasteiger partial charge is 0.328 e. The minimum Gasteiger partial charge on any atom is -0.383 e. The number of nitrogens with zero attached hydrogens (tertiary/aromatic N) is 1. The van der Waals surface area contributed by atoms with Gasteiger partial charge in [0.15, 0.2) is 6.29 Å². The summed E-state index contributed by atoms with van der Waals surface area (Å²) < 4.78 is 37.6. The zero-order valence-corrected chi connectivity index (χ0v) is 14.8. The second kappa shape index (κ2) is 8.59. The van der Waals surface area contributed by atoms with Crippen LogP contribution in [0.5, 0.6) is 0 Å². The van der Waals surface area contributed by atoms with Crippen LogP contribution in [-0.4, -0.2) is 56.2 Å². The molecular formula is C17H22F2N4O4. The number of benzene rings is 1. The summed E-state index contributed by atoms with van der Waals surface area (Å²) in [5.41, 5.74) is 0.161. The largest absolute Gasteiger partial charge is 0.383 e. The van der Waals surface area contributed by atoms with Gasteiger partial charge in [-0.1, -0.05) is 6.07 Å². The third-order valence-electron chi connectivity index (χ3n) is 4.57. The maximum Gasteiger partial charge on any atom is 0.328 e. The van der Waals surface area contributed by atoms with Gasteiger partial charge in [0.1, 0.15) is 11.6 Å². The van der Waals surface area contributed by atoms with Gasteiger partial charge in [-0.05, 0) is 18.9 Å². The van der Waals surface area contributed by atoms with Crippen LogP contribution in [0.15, 0.2) is 18.2 Å². The molecule has 0 radical (unpaired) electrons. The van der Waals surface area contributed by atoms with Crippen LogP contribution in [0.3, 0.4) is 0 Å². The molecule has 1 aromatic carbocycles. The van der Waals surface area contributed by atoms with Crippen LogP contribution in [-0.2, 0) is 9.47 Å². The molecule has 8 nitrogen and oxygen atoms in total. The summed E-state index contributed by atoms with van der Waals surface area (Å²) in [6.07, 6.45) is 0.226. The summed E-state index contributed by atoms with van der Waals surface area (Å²) in [5, 5.41) is 8.18. The number of carbonyl (C=O) groups is 2. The number of amides is 4. The number of hydrogen-bond donors (Lipinski definition) is 3.